The van der Waals surface area contributed by atoms with E-state index in [4.69, 9.17) is 23.4 Å². The maximum Gasteiger partial charge on any atom is 0.413 e. The molecule has 0 fully saturated rings. The van der Waals surface area contributed by atoms with Crippen molar-refractivity contribution in [1.82, 2.24) is 9.55 Å². The van der Waals surface area contributed by atoms with Crippen molar-refractivity contribution in [3.63, 3.8) is 0 Å². The average Bonchev–Trinajstić information content (AvgIpc) is 3.87. The van der Waals surface area contributed by atoms with Gasteiger partial charge < -0.3 is 14.4 Å². The topological polar surface area (TPSA) is 37.4 Å². The molecule has 7 heteroatoms. The molecule has 0 saturated carbocycles. The van der Waals surface area contributed by atoms with E-state index in [-0.39, 0.29) is 40.3 Å². The van der Waals surface area contributed by atoms with Gasteiger partial charge in [-0.15, -0.1) is 0 Å². The van der Waals surface area contributed by atoms with Crippen LogP contribution in [0, 0.1) is 6.33 Å². The number of allylic oxidation sites excluding steroid dienone is 2. The zero-order valence-electron chi connectivity index (χ0n) is 41.3. The molecule has 4 heterocycles. The molecule has 2 aromatic heterocycles. The Kier molecular flexibility index (Phi) is 6.11. The van der Waals surface area contributed by atoms with Crippen molar-refractivity contribution in [3.8, 4) is 45.1 Å². The van der Waals surface area contributed by atoms with E-state index in [0.29, 0.717) is 28.2 Å². The fourth-order valence-electron chi connectivity index (χ4n) is 7.51. The zero-order chi connectivity index (χ0) is 47.2. The maximum absolute atomic E-state index is 8.99. The smallest absolute Gasteiger partial charge is 0.413 e. The molecule has 274 valence electrons. The number of aromatic nitrogens is 3. The van der Waals surface area contributed by atoms with E-state index in [1.54, 1.807) is 27.3 Å². The monoisotopic (exact) mass is 747 g/mol. The van der Waals surface area contributed by atoms with Crippen molar-refractivity contribution in [2.45, 2.75) is 26.2 Å². The minimum atomic E-state index is -0.565. The van der Waals surface area contributed by atoms with E-state index < -0.39 is 60.4 Å². The largest absolute Gasteiger partial charge is 0.458 e. The first-order chi connectivity index (χ1) is 32.0. The van der Waals surface area contributed by atoms with Gasteiger partial charge in [0.1, 0.15) is 17.3 Å². The van der Waals surface area contributed by atoms with Crippen LogP contribution in [0.1, 0.15) is 40.0 Å². The van der Waals surface area contributed by atoms with Gasteiger partial charge in [-0.1, -0.05) is 142 Å². The summed E-state index contributed by atoms with van der Waals surface area (Å²) in [5, 5.41) is 0. The Morgan fingerprint density at radius 2 is 1.44 bits per heavy atom. The third-order valence-corrected chi connectivity index (χ3v) is 10.2. The van der Waals surface area contributed by atoms with Crippen molar-refractivity contribution in [2.24, 2.45) is 0 Å². The number of pyridine rings is 1. The summed E-state index contributed by atoms with van der Waals surface area (Å²) in [7, 11) is 0. The van der Waals surface area contributed by atoms with E-state index in [1.165, 1.54) is 0 Å². The van der Waals surface area contributed by atoms with Crippen LogP contribution < -0.4 is 18.9 Å². The molecular weight excluding hydrogens is 697 g/mol. The van der Waals surface area contributed by atoms with Crippen molar-refractivity contribution < 1.29 is 23.0 Å². The Morgan fingerprint density at radius 3 is 2.19 bits per heavy atom. The van der Waals surface area contributed by atoms with Gasteiger partial charge in [-0.05, 0) is 88.0 Å². The summed E-state index contributed by atoms with van der Waals surface area (Å²) in [4.78, 5) is 9.23. The lowest BCUT2D eigenvalue weighted by molar-refractivity contribution is -0.571. The third-order valence-electron chi connectivity index (χ3n) is 10.2. The number of fused-ring (bicyclic) bond motifs is 4. The maximum atomic E-state index is 8.99. The van der Waals surface area contributed by atoms with Crippen LogP contribution in [0.4, 0.5) is 17.2 Å². The fourth-order valence-corrected chi connectivity index (χ4v) is 7.51. The normalized spacial score (nSPS) is 15.7. The molecule has 0 aliphatic carbocycles. The van der Waals surface area contributed by atoms with Crippen LogP contribution in [0.3, 0.4) is 0 Å². The molecule has 0 amide bonds. The summed E-state index contributed by atoms with van der Waals surface area (Å²) in [6.07, 6.45) is 11.4. The quantitative estimate of drug-likeness (QED) is 0.0924. The molecule has 2 aliphatic heterocycles. The fraction of sp³-hybridized carbons (Fsp3) is 0.0800. The lowest BCUT2D eigenvalue weighted by atomic mass is 9.71. The van der Waals surface area contributed by atoms with Gasteiger partial charge in [0.25, 0.3) is 6.33 Å². The average molecular weight is 748 g/mol. The van der Waals surface area contributed by atoms with Crippen molar-refractivity contribution in [3.05, 3.63) is 200 Å². The number of nitrogens with zero attached hydrogens (tertiary/aromatic N) is 5. The van der Waals surface area contributed by atoms with E-state index in [9.17, 15) is 0 Å². The van der Waals surface area contributed by atoms with Gasteiger partial charge in [0.05, 0.1) is 47.5 Å². The number of benzene rings is 6. The Bertz CT molecular complexity index is 3290. The highest BCUT2D eigenvalue weighted by molar-refractivity contribution is 6.76. The molecule has 0 atom stereocenters. The van der Waals surface area contributed by atoms with Crippen LogP contribution in [0.5, 0.6) is 11.5 Å². The predicted molar refractivity (Wildman–Crippen MR) is 233 cm³/mol. The molecule has 6 nitrogen and oxygen atoms in total. The second-order valence-corrected chi connectivity index (χ2v) is 14.8. The lowest BCUT2D eigenvalue weighted by Gasteiger charge is -2.27. The summed E-state index contributed by atoms with van der Waals surface area (Å²) in [6.45, 7) is 6.41. The van der Waals surface area contributed by atoms with Gasteiger partial charge in [-0.25, -0.2) is 4.98 Å². The van der Waals surface area contributed by atoms with E-state index >= 15 is 0 Å². The van der Waals surface area contributed by atoms with Gasteiger partial charge >= 0.3 is 6.98 Å². The summed E-state index contributed by atoms with van der Waals surface area (Å²) in [5.41, 5.74) is 5.11. The number of ether oxygens (including phenoxy) is 1. The third kappa shape index (κ3) is 6.18. The SMILES string of the molecule is [2H]c1c([2H])c([2H])c(-c2cccc(-c3c([2H])c([2H])c([2H])c([2H])c3[2H])c2-[n+]2[c-]n(-c3cccc(Oc4ccc5c(c4)N(c4cc(C(C)(C)C)ccn4)B4C=CC=CN45)c3)c3ccccc32)c([2H])c1[2H]. The van der Waals surface area contributed by atoms with Crippen LogP contribution in [-0.2, 0) is 5.41 Å². The zero-order valence-corrected chi connectivity index (χ0v) is 31.3. The number of hydrogen-bond donors (Lipinski definition) is 0. The van der Waals surface area contributed by atoms with Gasteiger partial charge in [0.2, 0.25) is 0 Å². The van der Waals surface area contributed by atoms with Crippen LogP contribution in [0.2, 0.25) is 0 Å². The molecular formula is C50H40BN5O. The van der Waals surface area contributed by atoms with Gasteiger partial charge in [-0.2, -0.15) is 0 Å². The van der Waals surface area contributed by atoms with E-state index in [1.807, 2.05) is 91.1 Å². The molecule has 0 radical (unpaired) electrons. The molecule has 0 unspecified atom stereocenters. The molecule has 6 aromatic carbocycles. The second kappa shape index (κ2) is 13.9. The van der Waals surface area contributed by atoms with Gasteiger partial charge in [0, 0.05) is 12.3 Å². The highest BCUT2D eigenvalue weighted by Crippen LogP contribution is 2.46. The van der Waals surface area contributed by atoms with E-state index in [0.717, 1.165) is 22.8 Å². The number of imidazole rings is 1. The van der Waals surface area contributed by atoms with Crippen LogP contribution in [-0.4, -0.2) is 16.5 Å². The molecule has 8 aromatic rings. The highest BCUT2D eigenvalue weighted by Gasteiger charge is 2.40. The van der Waals surface area contributed by atoms with Crippen LogP contribution in [0.25, 0.3) is 44.7 Å². The number of para-hydroxylation sites is 3. The minimum Gasteiger partial charge on any atom is -0.458 e. The van der Waals surface area contributed by atoms with E-state index in [2.05, 4.69) is 55.0 Å². The first-order valence-electron chi connectivity index (χ1n) is 23.6. The standard InChI is InChI=1S/C50H40BN5O/c1-50(2,3)38-28-30-52-48(32-38)56-47-34-41(26-27-46(47)55-31-13-12-29-51(55)56)57-40-21-14-20-39(33-40)53-35-54(45-25-11-10-24-44(45)53)49-42(36-16-6-4-7-17-36)22-15-23-43(49)37-18-8-5-9-19-37/h4-34H,1-3H3/i4D,5D,6D,7D,8D,9D,16D,17D,18D,19D. The Hall–Kier alpha value is -7.12. The van der Waals surface area contributed by atoms with Crippen molar-refractivity contribution in [1.29, 1.82) is 0 Å². The Balaban J connectivity index is 1.12. The summed E-state index contributed by atoms with van der Waals surface area (Å²) >= 11 is 0. The second-order valence-electron chi connectivity index (χ2n) is 14.8. The van der Waals surface area contributed by atoms with Crippen LogP contribution in [0.15, 0.2) is 188 Å². The molecule has 0 spiro atoms. The van der Waals surface area contributed by atoms with Crippen LogP contribution >= 0.6 is 0 Å². The molecule has 0 bridgehead atoms. The molecule has 2 aliphatic rings. The molecule has 0 saturated heterocycles. The molecule has 57 heavy (non-hydrogen) atoms. The van der Waals surface area contributed by atoms with Crippen molar-refractivity contribution >= 4 is 35.2 Å². The summed E-state index contributed by atoms with van der Waals surface area (Å²) < 4.78 is 96.8. The number of rotatable bonds is 7. The number of anilines is 3. The van der Waals surface area contributed by atoms with Gasteiger partial charge in [0.15, 0.2) is 0 Å². The molecule has 0 N–H and O–H groups in total. The Morgan fingerprint density at radius 1 is 0.719 bits per heavy atom. The molecule has 10 rings (SSSR count). The minimum absolute atomic E-state index is 0.0830. The summed E-state index contributed by atoms with van der Waals surface area (Å²) in [6, 6.07) is 24.6. The number of hydrogen-bond acceptors (Lipinski definition) is 4. The lowest BCUT2D eigenvalue weighted by Crippen LogP contribution is -2.43. The predicted octanol–water partition coefficient (Wildman–Crippen LogP) is 11.6. The summed E-state index contributed by atoms with van der Waals surface area (Å²) in [5.74, 6) is 4.05. The highest BCUT2D eigenvalue weighted by atomic mass is 16.5. The van der Waals surface area contributed by atoms with Crippen molar-refractivity contribution in [2.75, 3.05) is 9.62 Å². The van der Waals surface area contributed by atoms with Gasteiger partial charge in [-0.3, -0.25) is 9.13 Å². The first-order valence-corrected chi connectivity index (χ1v) is 18.6. The Labute approximate surface area is 348 Å². The first kappa shape index (κ1) is 25.1.